The first-order chi connectivity index (χ1) is 15.1. The minimum atomic E-state index is -1.08. The van der Waals surface area contributed by atoms with Gasteiger partial charge in [-0.05, 0) is 49.4 Å². The minimum absolute atomic E-state index is 0.371. The topological polar surface area (TPSA) is 60.3 Å². The first-order valence-electron chi connectivity index (χ1n) is 9.97. The van der Waals surface area contributed by atoms with Crippen LogP contribution in [0.3, 0.4) is 0 Å². The second-order valence-electron chi connectivity index (χ2n) is 7.19. The third kappa shape index (κ3) is 4.90. The van der Waals surface area contributed by atoms with E-state index in [9.17, 15) is 9.59 Å². The van der Waals surface area contributed by atoms with E-state index in [0.717, 1.165) is 11.3 Å². The second kappa shape index (κ2) is 9.13. The standard InChI is InChI=1S/C26H22N2O3/c1-19-12-14-22(15-13-19)27-25(29)24(20-8-3-2-4-9-20)31-26(30)21-10-7-11-23(18-21)28-16-5-6-17-28/h2-18,24H,1H3,(H,27,29). The molecule has 4 aromatic rings. The van der Waals surface area contributed by atoms with Gasteiger partial charge in [-0.3, -0.25) is 4.79 Å². The van der Waals surface area contributed by atoms with E-state index >= 15 is 0 Å². The highest BCUT2D eigenvalue weighted by molar-refractivity contribution is 5.98. The van der Waals surface area contributed by atoms with E-state index in [2.05, 4.69) is 5.32 Å². The van der Waals surface area contributed by atoms with Crippen molar-refractivity contribution < 1.29 is 14.3 Å². The van der Waals surface area contributed by atoms with Gasteiger partial charge in [0.05, 0.1) is 5.56 Å². The van der Waals surface area contributed by atoms with E-state index in [1.54, 1.807) is 30.3 Å². The second-order valence-corrected chi connectivity index (χ2v) is 7.19. The lowest BCUT2D eigenvalue weighted by Gasteiger charge is -2.18. The van der Waals surface area contributed by atoms with Crippen LogP contribution in [0.15, 0.2) is 103 Å². The monoisotopic (exact) mass is 410 g/mol. The van der Waals surface area contributed by atoms with Crippen molar-refractivity contribution in [2.24, 2.45) is 0 Å². The lowest BCUT2D eigenvalue weighted by molar-refractivity contribution is -0.125. The molecule has 1 aromatic heterocycles. The number of anilines is 1. The van der Waals surface area contributed by atoms with Crippen molar-refractivity contribution in [2.45, 2.75) is 13.0 Å². The van der Waals surface area contributed by atoms with Crippen LogP contribution in [0.5, 0.6) is 0 Å². The molecule has 1 unspecified atom stereocenters. The van der Waals surface area contributed by atoms with Gasteiger partial charge in [0.2, 0.25) is 6.10 Å². The number of rotatable bonds is 6. The number of amides is 1. The fourth-order valence-electron chi connectivity index (χ4n) is 3.22. The summed E-state index contributed by atoms with van der Waals surface area (Å²) >= 11 is 0. The molecule has 31 heavy (non-hydrogen) atoms. The summed E-state index contributed by atoms with van der Waals surface area (Å²) in [5, 5.41) is 2.84. The lowest BCUT2D eigenvalue weighted by Crippen LogP contribution is -2.26. The summed E-state index contributed by atoms with van der Waals surface area (Å²) in [4.78, 5) is 26.0. The Morgan fingerprint density at radius 3 is 2.26 bits per heavy atom. The quantitative estimate of drug-likeness (QED) is 0.438. The molecule has 0 fully saturated rings. The Morgan fingerprint density at radius 1 is 0.839 bits per heavy atom. The summed E-state index contributed by atoms with van der Waals surface area (Å²) in [6.45, 7) is 1.97. The first kappa shape index (κ1) is 20.2. The van der Waals surface area contributed by atoms with E-state index in [-0.39, 0.29) is 0 Å². The van der Waals surface area contributed by atoms with Gasteiger partial charge in [0.1, 0.15) is 0 Å². The highest BCUT2D eigenvalue weighted by Crippen LogP contribution is 2.23. The average molecular weight is 410 g/mol. The van der Waals surface area contributed by atoms with Gasteiger partial charge in [0.25, 0.3) is 5.91 Å². The van der Waals surface area contributed by atoms with Crippen molar-refractivity contribution >= 4 is 17.6 Å². The first-order valence-corrected chi connectivity index (χ1v) is 9.97. The molecule has 0 bridgehead atoms. The van der Waals surface area contributed by atoms with E-state index in [1.165, 1.54) is 0 Å². The van der Waals surface area contributed by atoms with Crippen molar-refractivity contribution in [2.75, 3.05) is 5.32 Å². The Bertz CT molecular complexity index is 1170. The zero-order chi connectivity index (χ0) is 21.6. The molecule has 1 heterocycles. The molecular formula is C26H22N2O3. The van der Waals surface area contributed by atoms with Crippen molar-refractivity contribution in [3.8, 4) is 5.69 Å². The Hall–Kier alpha value is -4.12. The van der Waals surface area contributed by atoms with Gasteiger partial charge in [-0.25, -0.2) is 4.79 Å². The van der Waals surface area contributed by atoms with Crippen LogP contribution in [0.25, 0.3) is 5.69 Å². The average Bonchev–Trinajstić information content (AvgIpc) is 3.34. The number of hydrogen-bond acceptors (Lipinski definition) is 3. The maximum Gasteiger partial charge on any atom is 0.339 e. The van der Waals surface area contributed by atoms with E-state index in [1.807, 2.05) is 84.5 Å². The number of esters is 1. The molecule has 154 valence electrons. The Balaban J connectivity index is 1.57. The zero-order valence-electron chi connectivity index (χ0n) is 17.1. The molecule has 0 aliphatic rings. The minimum Gasteiger partial charge on any atom is -0.444 e. The van der Waals surface area contributed by atoms with E-state index in [4.69, 9.17) is 4.74 Å². The number of aryl methyl sites for hydroxylation is 1. The number of benzene rings is 3. The maximum absolute atomic E-state index is 13.0. The van der Waals surface area contributed by atoms with Crippen LogP contribution in [0.1, 0.15) is 27.6 Å². The van der Waals surface area contributed by atoms with Gasteiger partial charge in [-0.15, -0.1) is 0 Å². The summed E-state index contributed by atoms with van der Waals surface area (Å²) < 4.78 is 7.59. The SMILES string of the molecule is Cc1ccc(NC(=O)C(OC(=O)c2cccc(-n3cccc3)c2)c2ccccc2)cc1. The fourth-order valence-corrected chi connectivity index (χ4v) is 3.22. The summed E-state index contributed by atoms with van der Waals surface area (Å²) in [6, 6.07) is 27.4. The summed E-state index contributed by atoms with van der Waals surface area (Å²) in [6.07, 6.45) is 2.71. The maximum atomic E-state index is 13.0. The molecule has 1 atom stereocenters. The van der Waals surface area contributed by atoms with Crippen LogP contribution in [0, 0.1) is 6.92 Å². The van der Waals surface area contributed by atoms with Gasteiger partial charge in [-0.1, -0.05) is 54.1 Å². The number of ether oxygens (including phenoxy) is 1. The van der Waals surface area contributed by atoms with Crippen LogP contribution in [-0.4, -0.2) is 16.4 Å². The smallest absolute Gasteiger partial charge is 0.339 e. The number of nitrogens with one attached hydrogen (secondary N) is 1. The number of aromatic nitrogens is 1. The molecule has 1 N–H and O–H groups in total. The van der Waals surface area contributed by atoms with E-state index in [0.29, 0.717) is 16.8 Å². The van der Waals surface area contributed by atoms with Crippen LogP contribution in [0.4, 0.5) is 5.69 Å². The van der Waals surface area contributed by atoms with Gasteiger partial charge in [0.15, 0.2) is 0 Å². The molecule has 4 rings (SSSR count). The molecule has 0 aliphatic carbocycles. The largest absolute Gasteiger partial charge is 0.444 e. The Labute approximate surface area is 180 Å². The summed E-state index contributed by atoms with van der Waals surface area (Å²) in [7, 11) is 0. The van der Waals surface area contributed by atoms with Gasteiger partial charge < -0.3 is 14.6 Å². The summed E-state index contributed by atoms with van der Waals surface area (Å²) in [5.74, 6) is -0.980. The molecule has 1 amide bonds. The third-order valence-electron chi connectivity index (χ3n) is 4.87. The molecule has 0 spiro atoms. The van der Waals surface area contributed by atoms with Crippen molar-refractivity contribution in [1.82, 2.24) is 4.57 Å². The fraction of sp³-hybridized carbons (Fsp3) is 0.0769. The Morgan fingerprint density at radius 2 is 1.55 bits per heavy atom. The molecule has 3 aromatic carbocycles. The van der Waals surface area contributed by atoms with Crippen LogP contribution in [-0.2, 0) is 9.53 Å². The molecule has 0 aliphatic heterocycles. The highest BCUT2D eigenvalue weighted by atomic mass is 16.5. The molecule has 5 heteroatoms. The van der Waals surface area contributed by atoms with Crippen molar-refractivity contribution in [3.63, 3.8) is 0 Å². The molecule has 0 saturated heterocycles. The van der Waals surface area contributed by atoms with Gasteiger partial charge in [-0.2, -0.15) is 0 Å². The zero-order valence-corrected chi connectivity index (χ0v) is 17.1. The summed E-state index contributed by atoms with van der Waals surface area (Å²) in [5.41, 5.74) is 3.53. The number of nitrogens with zero attached hydrogens (tertiary/aromatic N) is 1. The predicted molar refractivity (Wildman–Crippen MR) is 120 cm³/mol. The normalized spacial score (nSPS) is 11.5. The lowest BCUT2D eigenvalue weighted by atomic mass is 10.1. The molecule has 0 saturated carbocycles. The van der Waals surface area contributed by atoms with Gasteiger partial charge in [0, 0.05) is 29.3 Å². The highest BCUT2D eigenvalue weighted by Gasteiger charge is 2.26. The molecular weight excluding hydrogens is 388 g/mol. The number of hydrogen-bond donors (Lipinski definition) is 1. The number of carbonyl (C=O) groups is 2. The molecule has 5 nitrogen and oxygen atoms in total. The predicted octanol–water partition coefficient (Wildman–Crippen LogP) is 5.32. The van der Waals surface area contributed by atoms with Crippen LogP contribution < -0.4 is 5.32 Å². The van der Waals surface area contributed by atoms with Gasteiger partial charge >= 0.3 is 5.97 Å². The van der Waals surface area contributed by atoms with Crippen molar-refractivity contribution in [3.05, 3.63) is 120 Å². The number of carbonyl (C=O) groups excluding carboxylic acids is 2. The van der Waals surface area contributed by atoms with E-state index < -0.39 is 18.0 Å². The molecule has 0 radical (unpaired) electrons. The van der Waals surface area contributed by atoms with Crippen LogP contribution in [0.2, 0.25) is 0 Å². The Kier molecular flexibility index (Phi) is 5.94. The van der Waals surface area contributed by atoms with Crippen LogP contribution >= 0.6 is 0 Å². The van der Waals surface area contributed by atoms with Crippen molar-refractivity contribution in [1.29, 1.82) is 0 Å². The third-order valence-corrected chi connectivity index (χ3v) is 4.87.